The van der Waals surface area contributed by atoms with Crippen LogP contribution in [0.25, 0.3) is 0 Å². The molecule has 0 amide bonds. The molecule has 0 aliphatic heterocycles. The van der Waals surface area contributed by atoms with Crippen LogP contribution in [0, 0.1) is 11.1 Å². The lowest BCUT2D eigenvalue weighted by Gasteiger charge is -2.24. The Morgan fingerprint density at radius 1 is 1.53 bits per heavy atom. The van der Waals surface area contributed by atoms with Crippen molar-refractivity contribution in [3.05, 3.63) is 5.21 Å². The highest BCUT2D eigenvalue weighted by Crippen LogP contribution is 2.14. The number of hydrogen-bond donors (Lipinski definition) is 1. The number of carbonyl (C=O) groups excluding carboxylic acids is 1. The van der Waals surface area contributed by atoms with Crippen LogP contribution in [0.15, 0.2) is 5.28 Å². The second-order valence-corrected chi connectivity index (χ2v) is 3.96. The molecule has 110 valence electrons. The molecule has 0 aliphatic carbocycles. The Morgan fingerprint density at radius 3 is 2.53 bits per heavy atom. The second kappa shape index (κ2) is 8.11. The number of carboxylic acid groups (broad SMARTS) is 1. The summed E-state index contributed by atoms with van der Waals surface area (Å²) < 4.78 is 4.39. The maximum atomic E-state index is 11.5. The third kappa shape index (κ3) is 5.89. The Kier molecular flexibility index (Phi) is 7.23. The van der Waals surface area contributed by atoms with Crippen LogP contribution >= 0.6 is 0 Å². The fourth-order valence-electron chi connectivity index (χ4n) is 1.34. The molecule has 0 heterocycles. The van der Waals surface area contributed by atoms with Gasteiger partial charge in [0.1, 0.15) is 0 Å². The van der Waals surface area contributed by atoms with Crippen LogP contribution in [0.5, 0.6) is 0 Å². The lowest BCUT2D eigenvalue weighted by molar-refractivity contribution is -0.712. The van der Waals surface area contributed by atoms with Gasteiger partial charge in [0.25, 0.3) is 6.79 Å². The summed E-state index contributed by atoms with van der Waals surface area (Å²) >= 11 is 0. The van der Waals surface area contributed by atoms with Gasteiger partial charge in [-0.25, -0.2) is 4.79 Å². The number of rotatable bonds is 8. The van der Waals surface area contributed by atoms with Gasteiger partial charge in [-0.3, -0.25) is 4.79 Å². The first-order valence-corrected chi connectivity index (χ1v) is 5.70. The molecule has 19 heavy (non-hydrogen) atoms. The molecule has 0 aromatic carbocycles. The third-order valence-corrected chi connectivity index (χ3v) is 2.55. The predicted octanol–water partition coefficient (Wildman–Crippen LogP) is 0.747. The number of hydrazine groups is 1. The van der Waals surface area contributed by atoms with E-state index in [1.165, 1.54) is 14.0 Å². The van der Waals surface area contributed by atoms with E-state index < -0.39 is 24.8 Å². The molecule has 0 rings (SSSR count). The van der Waals surface area contributed by atoms with Crippen LogP contribution in [0.3, 0.4) is 0 Å². The second-order valence-electron chi connectivity index (χ2n) is 3.96. The van der Waals surface area contributed by atoms with Crippen molar-refractivity contribution in [1.29, 1.82) is 0 Å². The Hall–Kier alpha value is -2.06. The van der Waals surface area contributed by atoms with Gasteiger partial charge in [-0.05, 0) is 5.92 Å². The van der Waals surface area contributed by atoms with Crippen LogP contribution in [0.1, 0.15) is 27.2 Å². The molecule has 0 aliphatic rings. The van der Waals surface area contributed by atoms with Gasteiger partial charge in [-0.1, -0.05) is 20.3 Å². The number of ether oxygens (including phenoxy) is 1. The molecule has 0 aromatic heterocycles. The maximum Gasteiger partial charge on any atom is 0.332 e. The van der Waals surface area contributed by atoms with E-state index in [0.717, 1.165) is 5.01 Å². The Balaban J connectivity index is 4.57. The van der Waals surface area contributed by atoms with Crippen molar-refractivity contribution < 1.29 is 29.2 Å². The third-order valence-electron chi connectivity index (χ3n) is 2.55. The molecule has 9 heteroatoms. The molecule has 0 bridgehead atoms. The summed E-state index contributed by atoms with van der Waals surface area (Å²) in [6.45, 7) is 4.19. The fraction of sp³-hybridized carbons (Fsp3) is 0.800. The van der Waals surface area contributed by atoms with Crippen molar-refractivity contribution in [2.75, 3.05) is 13.8 Å². The fourth-order valence-corrected chi connectivity index (χ4v) is 1.34. The molecule has 0 aromatic rings. The van der Waals surface area contributed by atoms with Crippen LogP contribution in [-0.2, 0) is 19.2 Å². The monoisotopic (exact) mass is 277 g/mol. The molecule has 0 unspecified atom stereocenters. The van der Waals surface area contributed by atoms with Crippen molar-refractivity contribution in [2.24, 2.45) is 11.2 Å². The molecular formula is C10H19N3O6. The van der Waals surface area contributed by atoms with Crippen molar-refractivity contribution in [2.45, 2.75) is 33.2 Å². The molecule has 0 saturated heterocycles. The first-order chi connectivity index (χ1) is 8.81. The minimum Gasteiger partial charge on any atom is -0.569 e. The van der Waals surface area contributed by atoms with Crippen molar-refractivity contribution in [3.8, 4) is 0 Å². The Morgan fingerprint density at radius 2 is 2.11 bits per heavy atom. The van der Waals surface area contributed by atoms with Crippen LogP contribution in [0.4, 0.5) is 0 Å². The van der Waals surface area contributed by atoms with Crippen molar-refractivity contribution in [1.82, 2.24) is 5.01 Å². The summed E-state index contributed by atoms with van der Waals surface area (Å²) in [5.74, 6) is -1.96. The first kappa shape index (κ1) is 16.9. The summed E-state index contributed by atoms with van der Waals surface area (Å²) in [6, 6.07) is -1.02. The van der Waals surface area contributed by atoms with Crippen molar-refractivity contribution >= 4 is 11.9 Å². The van der Waals surface area contributed by atoms with Gasteiger partial charge in [0, 0.05) is 6.92 Å². The van der Waals surface area contributed by atoms with E-state index in [2.05, 4.69) is 14.9 Å². The zero-order valence-electron chi connectivity index (χ0n) is 11.4. The lowest BCUT2D eigenvalue weighted by atomic mass is 9.99. The van der Waals surface area contributed by atoms with E-state index in [-0.39, 0.29) is 10.9 Å². The van der Waals surface area contributed by atoms with Gasteiger partial charge in [0.15, 0.2) is 6.04 Å². The SMILES string of the molecule is CC[C@@H](C)[C@@H](C(=O)O)N(C)[N+]([O-])=NOCOC(C)=O. The van der Waals surface area contributed by atoms with Crippen LogP contribution in [0.2, 0.25) is 0 Å². The van der Waals surface area contributed by atoms with Gasteiger partial charge in [0.2, 0.25) is 5.28 Å². The van der Waals surface area contributed by atoms with Gasteiger partial charge < -0.3 is 19.9 Å². The van der Waals surface area contributed by atoms with E-state index >= 15 is 0 Å². The molecule has 2 atom stereocenters. The van der Waals surface area contributed by atoms with Gasteiger partial charge in [-0.15, -0.1) is 5.01 Å². The van der Waals surface area contributed by atoms with Gasteiger partial charge in [0.05, 0.1) is 12.0 Å². The summed E-state index contributed by atoms with van der Waals surface area (Å²) in [5, 5.41) is 24.6. The largest absolute Gasteiger partial charge is 0.569 e. The first-order valence-electron chi connectivity index (χ1n) is 5.70. The van der Waals surface area contributed by atoms with Gasteiger partial charge in [-0.2, -0.15) is 0 Å². The maximum absolute atomic E-state index is 11.5. The smallest absolute Gasteiger partial charge is 0.332 e. The highest BCUT2D eigenvalue weighted by Gasteiger charge is 2.33. The minimum atomic E-state index is -1.13. The summed E-state index contributed by atoms with van der Waals surface area (Å²) in [6.07, 6.45) is 0.587. The number of aliphatic carboxylic acids is 1. The molecule has 0 spiro atoms. The van der Waals surface area contributed by atoms with E-state index in [0.29, 0.717) is 6.42 Å². The molecular weight excluding hydrogens is 258 g/mol. The number of esters is 1. The quantitative estimate of drug-likeness (QED) is 0.174. The predicted molar refractivity (Wildman–Crippen MR) is 62.4 cm³/mol. The summed E-state index contributed by atoms with van der Waals surface area (Å²) in [7, 11) is 1.29. The van der Waals surface area contributed by atoms with E-state index in [9.17, 15) is 14.8 Å². The Bertz CT molecular complexity index is 346. The number of nitrogens with zero attached hydrogens (tertiary/aromatic N) is 3. The number of hydrogen-bond acceptors (Lipinski definition) is 6. The zero-order valence-corrected chi connectivity index (χ0v) is 11.4. The van der Waals surface area contributed by atoms with E-state index in [1.54, 1.807) is 6.92 Å². The Labute approximate surface area is 110 Å². The summed E-state index contributed by atoms with van der Waals surface area (Å²) in [4.78, 5) is 26.0. The molecule has 0 radical (unpaired) electrons. The van der Waals surface area contributed by atoms with E-state index in [1.807, 2.05) is 6.92 Å². The lowest BCUT2D eigenvalue weighted by Crippen LogP contribution is -2.46. The average Bonchev–Trinajstić information content (AvgIpc) is 2.33. The number of carboxylic acids is 1. The number of carbonyl (C=O) groups is 2. The standard InChI is InChI=1S/C10H19N3O6/c1-5-7(2)9(10(15)16)12(4)13(17)11-19-6-18-8(3)14/h7,9H,5-6H2,1-4H3,(H,15,16)/t7-,9+/m1/s1. The summed E-state index contributed by atoms with van der Waals surface area (Å²) in [5.41, 5.74) is 0. The highest BCUT2D eigenvalue weighted by molar-refractivity contribution is 5.73. The van der Waals surface area contributed by atoms with Crippen molar-refractivity contribution in [3.63, 3.8) is 0 Å². The van der Waals surface area contributed by atoms with Crippen LogP contribution < -0.4 is 0 Å². The normalized spacial score (nSPS) is 14.4. The minimum absolute atomic E-state index is 0.00838. The number of likely N-dealkylation sites (N-methyl/N-ethyl adjacent to an activating group) is 1. The topological polar surface area (TPSA) is 114 Å². The van der Waals surface area contributed by atoms with E-state index in [4.69, 9.17) is 5.11 Å². The van der Waals surface area contributed by atoms with Crippen LogP contribution in [-0.4, -0.2) is 46.9 Å². The highest BCUT2D eigenvalue weighted by atomic mass is 16.8. The zero-order chi connectivity index (χ0) is 15.0. The molecule has 9 nitrogen and oxygen atoms in total. The average molecular weight is 277 g/mol. The molecule has 0 saturated carbocycles. The molecule has 0 fully saturated rings. The molecule has 1 N–H and O–H groups in total. The van der Waals surface area contributed by atoms with Gasteiger partial charge >= 0.3 is 11.9 Å².